The van der Waals surface area contributed by atoms with Gasteiger partial charge in [-0.2, -0.15) is 5.26 Å². The van der Waals surface area contributed by atoms with Crippen molar-refractivity contribution in [3.63, 3.8) is 0 Å². The lowest BCUT2D eigenvalue weighted by Crippen LogP contribution is -2.17. The molecule has 2 amide bonds. The summed E-state index contributed by atoms with van der Waals surface area (Å²) >= 11 is 0.916. The molecule has 6 heteroatoms. The Morgan fingerprint density at radius 3 is 2.58 bits per heavy atom. The Hall–Kier alpha value is -3.30. The number of nitrogens with one attached hydrogen (secondary N) is 1. The third-order valence-electron chi connectivity index (χ3n) is 4.18. The Balaban J connectivity index is 1.74. The van der Waals surface area contributed by atoms with Crippen LogP contribution in [0.4, 0.5) is 4.79 Å². The van der Waals surface area contributed by atoms with Gasteiger partial charge in [0.05, 0.1) is 16.5 Å². The van der Waals surface area contributed by atoms with Crippen molar-refractivity contribution in [1.29, 1.82) is 5.26 Å². The van der Waals surface area contributed by atoms with Crippen LogP contribution >= 0.6 is 11.8 Å². The first kappa shape index (κ1) is 16.2. The van der Waals surface area contributed by atoms with E-state index in [1.54, 1.807) is 18.2 Å². The lowest BCUT2D eigenvalue weighted by atomic mass is 10.1. The smallest absolute Gasteiger partial charge is 0.290 e. The highest BCUT2D eigenvalue weighted by Gasteiger charge is 2.25. The molecule has 1 fully saturated rings. The maximum atomic E-state index is 11.8. The molecule has 1 aliphatic heterocycles. The third kappa shape index (κ3) is 3.01. The Labute approximate surface area is 153 Å². The third-order valence-corrected chi connectivity index (χ3v) is 4.99. The summed E-state index contributed by atoms with van der Waals surface area (Å²) in [6.45, 7) is 0.646. The number of carbonyl (C=O) groups excluding carboxylic acids is 2. The molecule has 5 nitrogen and oxygen atoms in total. The number of amides is 2. The molecular weight excluding hydrogens is 346 g/mol. The van der Waals surface area contributed by atoms with E-state index in [0.29, 0.717) is 17.0 Å². The topological polar surface area (TPSA) is 74.9 Å². The van der Waals surface area contributed by atoms with Gasteiger partial charge in [0, 0.05) is 29.2 Å². The number of carbonyl (C=O) groups is 2. The number of benzene rings is 2. The van der Waals surface area contributed by atoms with Crippen LogP contribution in [0.2, 0.25) is 0 Å². The highest BCUT2D eigenvalue weighted by Crippen LogP contribution is 2.30. The molecule has 1 aliphatic rings. The second kappa shape index (κ2) is 6.54. The lowest BCUT2D eigenvalue weighted by molar-refractivity contribution is -0.115. The van der Waals surface area contributed by atoms with E-state index in [1.807, 2.05) is 42.6 Å². The van der Waals surface area contributed by atoms with E-state index in [2.05, 4.69) is 16.0 Å². The second-order valence-corrected chi connectivity index (χ2v) is 6.91. The SMILES string of the molecule is N#Cc1ccc(Cn2cc(C=C3SC(=O)NC3=O)c3ccccc32)cc1. The zero-order chi connectivity index (χ0) is 18.1. The van der Waals surface area contributed by atoms with Gasteiger partial charge in [0.15, 0.2) is 0 Å². The van der Waals surface area contributed by atoms with Crippen molar-refractivity contribution in [3.8, 4) is 6.07 Å². The summed E-state index contributed by atoms with van der Waals surface area (Å²) < 4.78 is 2.10. The van der Waals surface area contributed by atoms with Crippen molar-refractivity contribution in [2.24, 2.45) is 0 Å². The number of imide groups is 1. The van der Waals surface area contributed by atoms with Crippen LogP contribution in [0, 0.1) is 11.3 Å². The molecule has 1 saturated heterocycles. The van der Waals surface area contributed by atoms with Gasteiger partial charge in [-0.1, -0.05) is 30.3 Å². The van der Waals surface area contributed by atoms with E-state index < -0.39 is 0 Å². The molecule has 4 rings (SSSR count). The van der Waals surface area contributed by atoms with Gasteiger partial charge < -0.3 is 4.57 Å². The van der Waals surface area contributed by atoms with Crippen molar-refractivity contribution in [3.05, 3.63) is 76.3 Å². The highest BCUT2D eigenvalue weighted by atomic mass is 32.2. The van der Waals surface area contributed by atoms with Crippen molar-refractivity contribution in [2.75, 3.05) is 0 Å². The second-order valence-electron chi connectivity index (χ2n) is 5.89. The van der Waals surface area contributed by atoms with Crippen LogP contribution in [0.3, 0.4) is 0 Å². The number of hydrogen-bond donors (Lipinski definition) is 1. The number of para-hydroxylation sites is 1. The minimum Gasteiger partial charge on any atom is -0.342 e. The molecule has 2 heterocycles. The number of nitrogens with zero attached hydrogens (tertiary/aromatic N) is 2. The van der Waals surface area contributed by atoms with Gasteiger partial charge in [0.1, 0.15) is 0 Å². The predicted molar refractivity (Wildman–Crippen MR) is 101 cm³/mol. The maximum absolute atomic E-state index is 11.8. The Morgan fingerprint density at radius 1 is 1.12 bits per heavy atom. The average Bonchev–Trinajstić information content (AvgIpc) is 3.16. The molecule has 0 spiro atoms. The van der Waals surface area contributed by atoms with E-state index in [-0.39, 0.29) is 11.1 Å². The van der Waals surface area contributed by atoms with Crippen molar-refractivity contribution >= 4 is 39.9 Å². The van der Waals surface area contributed by atoms with Gasteiger partial charge in [-0.05, 0) is 41.6 Å². The van der Waals surface area contributed by atoms with Gasteiger partial charge in [-0.25, -0.2) is 0 Å². The molecule has 26 heavy (non-hydrogen) atoms. The minimum absolute atomic E-state index is 0.345. The number of aromatic nitrogens is 1. The largest absolute Gasteiger partial charge is 0.342 e. The van der Waals surface area contributed by atoms with Crippen molar-refractivity contribution in [2.45, 2.75) is 6.54 Å². The van der Waals surface area contributed by atoms with E-state index in [9.17, 15) is 9.59 Å². The average molecular weight is 359 g/mol. The van der Waals surface area contributed by atoms with Gasteiger partial charge in [-0.3, -0.25) is 14.9 Å². The van der Waals surface area contributed by atoms with Gasteiger partial charge >= 0.3 is 0 Å². The zero-order valence-corrected chi connectivity index (χ0v) is 14.4. The molecule has 0 bridgehead atoms. The molecule has 126 valence electrons. The van der Waals surface area contributed by atoms with Crippen LogP contribution in [-0.4, -0.2) is 15.7 Å². The maximum Gasteiger partial charge on any atom is 0.290 e. The summed E-state index contributed by atoms with van der Waals surface area (Å²) in [6, 6.07) is 17.5. The standard InChI is InChI=1S/C20H13N3O2S/c21-10-13-5-7-14(8-6-13)11-23-12-15(16-3-1-2-4-17(16)23)9-18-19(24)22-20(25)26-18/h1-9,12H,11H2,(H,22,24,25). The van der Waals surface area contributed by atoms with Gasteiger partial charge in [0.25, 0.3) is 11.1 Å². The van der Waals surface area contributed by atoms with Crippen LogP contribution in [0.25, 0.3) is 17.0 Å². The summed E-state index contributed by atoms with van der Waals surface area (Å²) in [4.78, 5) is 23.6. The summed E-state index contributed by atoms with van der Waals surface area (Å²) in [5.41, 5.74) is 3.64. The number of fused-ring (bicyclic) bond motifs is 1. The molecule has 0 atom stereocenters. The fraction of sp³-hybridized carbons (Fsp3) is 0.0500. The van der Waals surface area contributed by atoms with E-state index in [1.165, 1.54) is 0 Å². The summed E-state index contributed by atoms with van der Waals surface area (Å²) in [7, 11) is 0. The molecule has 3 aromatic rings. The lowest BCUT2D eigenvalue weighted by Gasteiger charge is -2.05. The molecule has 1 aromatic heterocycles. The first-order valence-electron chi connectivity index (χ1n) is 7.96. The predicted octanol–water partition coefficient (Wildman–Crippen LogP) is 3.89. The van der Waals surface area contributed by atoms with E-state index >= 15 is 0 Å². The first-order chi connectivity index (χ1) is 12.6. The Bertz CT molecular complexity index is 1100. The normalized spacial score (nSPS) is 15.4. The van der Waals surface area contributed by atoms with Crippen molar-refractivity contribution in [1.82, 2.24) is 9.88 Å². The van der Waals surface area contributed by atoms with Gasteiger partial charge in [0.2, 0.25) is 0 Å². The van der Waals surface area contributed by atoms with Crippen molar-refractivity contribution < 1.29 is 9.59 Å². The number of hydrogen-bond acceptors (Lipinski definition) is 4. The fourth-order valence-electron chi connectivity index (χ4n) is 2.96. The molecule has 0 aliphatic carbocycles. The minimum atomic E-state index is -0.357. The Kier molecular flexibility index (Phi) is 4.07. The number of nitriles is 1. The fourth-order valence-corrected chi connectivity index (χ4v) is 3.64. The van der Waals surface area contributed by atoms with E-state index in [0.717, 1.165) is 33.8 Å². The highest BCUT2D eigenvalue weighted by molar-refractivity contribution is 8.18. The molecular formula is C20H13N3O2S. The zero-order valence-electron chi connectivity index (χ0n) is 13.6. The quantitative estimate of drug-likeness (QED) is 0.720. The Morgan fingerprint density at radius 2 is 1.88 bits per heavy atom. The molecule has 2 aromatic carbocycles. The monoisotopic (exact) mass is 359 g/mol. The van der Waals surface area contributed by atoms with E-state index in [4.69, 9.17) is 5.26 Å². The van der Waals surface area contributed by atoms with Crippen LogP contribution in [-0.2, 0) is 11.3 Å². The van der Waals surface area contributed by atoms with Crippen LogP contribution < -0.4 is 5.32 Å². The van der Waals surface area contributed by atoms with Crippen LogP contribution in [0.1, 0.15) is 16.7 Å². The molecule has 0 unspecified atom stereocenters. The molecule has 0 radical (unpaired) electrons. The number of rotatable bonds is 3. The number of thioether (sulfide) groups is 1. The van der Waals surface area contributed by atoms with Crippen LogP contribution in [0.15, 0.2) is 59.6 Å². The summed E-state index contributed by atoms with van der Waals surface area (Å²) in [5.74, 6) is -0.357. The molecule has 1 N–H and O–H groups in total. The summed E-state index contributed by atoms with van der Waals surface area (Å²) in [6.07, 6.45) is 3.73. The van der Waals surface area contributed by atoms with Gasteiger partial charge in [-0.15, -0.1) is 0 Å². The summed E-state index contributed by atoms with van der Waals surface area (Å²) in [5, 5.41) is 11.9. The molecule has 0 saturated carbocycles. The first-order valence-corrected chi connectivity index (χ1v) is 8.77. The van der Waals surface area contributed by atoms with Crippen LogP contribution in [0.5, 0.6) is 0 Å².